The lowest BCUT2D eigenvalue weighted by Gasteiger charge is -2.08. The third-order valence-corrected chi connectivity index (χ3v) is 2.82. The molecule has 0 radical (unpaired) electrons. The van der Waals surface area contributed by atoms with Gasteiger partial charge in [-0.25, -0.2) is 0 Å². The molecule has 0 bridgehead atoms. The zero-order chi connectivity index (χ0) is 11.5. The lowest BCUT2D eigenvalue weighted by Crippen LogP contribution is -1.94. The molecule has 1 aromatic heterocycles. The zero-order valence-corrected chi connectivity index (χ0v) is 10.4. The third-order valence-electron chi connectivity index (χ3n) is 2.33. The van der Waals surface area contributed by atoms with Gasteiger partial charge >= 0.3 is 0 Å². The number of ether oxygens (including phenoxy) is 1. The maximum absolute atomic E-state index is 5.81. The summed E-state index contributed by atoms with van der Waals surface area (Å²) in [7, 11) is 1.67. The van der Waals surface area contributed by atoms with Gasteiger partial charge in [0.25, 0.3) is 0 Å². The van der Waals surface area contributed by atoms with Crippen molar-refractivity contribution in [3.8, 4) is 11.1 Å². The fourth-order valence-electron chi connectivity index (χ4n) is 1.61. The lowest BCUT2D eigenvalue weighted by molar-refractivity contribution is 0.185. The zero-order valence-electron chi connectivity index (χ0n) is 8.83. The van der Waals surface area contributed by atoms with Gasteiger partial charge in [0.15, 0.2) is 0 Å². The number of aromatic nitrogens is 2. The first kappa shape index (κ1) is 11.2. The summed E-state index contributed by atoms with van der Waals surface area (Å²) in [5.74, 6) is 0.569. The van der Waals surface area contributed by atoms with E-state index in [1.807, 2.05) is 18.2 Å². The minimum absolute atomic E-state index is 0.541. The molecule has 2 rings (SSSR count). The number of hydrogen-bond donors (Lipinski definition) is 2. The van der Waals surface area contributed by atoms with Crippen molar-refractivity contribution >= 4 is 21.7 Å². The highest BCUT2D eigenvalue weighted by Gasteiger charge is 2.10. The van der Waals surface area contributed by atoms with Gasteiger partial charge in [0.2, 0.25) is 0 Å². The highest BCUT2D eigenvalue weighted by atomic mass is 79.9. The number of anilines is 1. The van der Waals surface area contributed by atoms with Crippen LogP contribution in [0.3, 0.4) is 0 Å². The molecule has 1 aromatic carbocycles. The number of rotatable bonds is 3. The van der Waals surface area contributed by atoms with Crippen LogP contribution < -0.4 is 5.73 Å². The molecule has 0 saturated heterocycles. The van der Waals surface area contributed by atoms with E-state index in [-0.39, 0.29) is 0 Å². The Bertz CT molecular complexity index is 496. The molecule has 0 saturated carbocycles. The van der Waals surface area contributed by atoms with Gasteiger partial charge in [-0.2, -0.15) is 5.10 Å². The van der Waals surface area contributed by atoms with Crippen molar-refractivity contribution in [2.45, 2.75) is 6.61 Å². The van der Waals surface area contributed by atoms with Crippen LogP contribution in [-0.2, 0) is 11.3 Å². The molecule has 0 unspecified atom stereocenters. The number of benzene rings is 1. The average Bonchev–Trinajstić information content (AvgIpc) is 2.65. The van der Waals surface area contributed by atoms with Crippen molar-refractivity contribution in [1.29, 1.82) is 0 Å². The lowest BCUT2D eigenvalue weighted by atomic mass is 10.0. The number of hydrogen-bond acceptors (Lipinski definition) is 3. The molecule has 0 fully saturated rings. The van der Waals surface area contributed by atoms with Crippen molar-refractivity contribution in [1.82, 2.24) is 10.2 Å². The van der Waals surface area contributed by atoms with Crippen LogP contribution in [0.5, 0.6) is 0 Å². The summed E-state index contributed by atoms with van der Waals surface area (Å²) in [5.41, 5.74) is 8.82. The molecular weight excluding hydrogens is 270 g/mol. The Labute approximate surface area is 102 Å². The predicted octanol–water partition coefficient (Wildman–Crippen LogP) is 2.57. The van der Waals surface area contributed by atoms with E-state index in [1.165, 1.54) is 0 Å². The van der Waals surface area contributed by atoms with Crippen LogP contribution in [0.15, 0.2) is 28.9 Å². The van der Waals surface area contributed by atoms with Crippen LogP contribution in [-0.4, -0.2) is 17.3 Å². The van der Waals surface area contributed by atoms with Gasteiger partial charge in [0.1, 0.15) is 5.82 Å². The molecule has 4 nitrogen and oxygen atoms in total. The van der Waals surface area contributed by atoms with E-state index in [2.05, 4.69) is 26.1 Å². The monoisotopic (exact) mass is 281 g/mol. The van der Waals surface area contributed by atoms with Crippen LogP contribution >= 0.6 is 15.9 Å². The second-order valence-corrected chi connectivity index (χ2v) is 4.35. The second kappa shape index (κ2) is 4.67. The van der Waals surface area contributed by atoms with Gasteiger partial charge in [0.05, 0.1) is 12.8 Å². The Morgan fingerprint density at radius 2 is 2.25 bits per heavy atom. The van der Waals surface area contributed by atoms with Crippen molar-refractivity contribution < 1.29 is 4.74 Å². The molecule has 0 aliphatic heterocycles. The SMILES string of the molecule is COCc1cc(Br)ccc1-c1cn[nH]c1N. The first-order valence-corrected chi connectivity index (χ1v) is 5.58. The number of nitrogens with two attached hydrogens (primary N) is 1. The molecule has 0 aliphatic rings. The number of methoxy groups -OCH3 is 1. The number of nitrogen functional groups attached to an aromatic ring is 1. The maximum Gasteiger partial charge on any atom is 0.126 e. The second-order valence-electron chi connectivity index (χ2n) is 3.43. The largest absolute Gasteiger partial charge is 0.384 e. The van der Waals surface area contributed by atoms with E-state index in [0.717, 1.165) is 21.2 Å². The number of nitrogens with one attached hydrogen (secondary N) is 1. The molecule has 84 valence electrons. The molecule has 1 heterocycles. The molecule has 2 aromatic rings. The summed E-state index contributed by atoms with van der Waals surface area (Å²) in [5, 5.41) is 6.65. The maximum atomic E-state index is 5.81. The standard InChI is InChI=1S/C11H12BrN3O/c1-16-6-7-4-8(12)2-3-9(7)10-5-14-15-11(10)13/h2-5H,6H2,1H3,(H3,13,14,15). The van der Waals surface area contributed by atoms with Crippen LogP contribution in [0.1, 0.15) is 5.56 Å². The Morgan fingerprint density at radius 1 is 1.44 bits per heavy atom. The Hall–Kier alpha value is -1.33. The Balaban J connectivity index is 2.51. The molecule has 3 N–H and O–H groups in total. The van der Waals surface area contributed by atoms with Gasteiger partial charge in [-0.3, -0.25) is 5.10 Å². The number of halogens is 1. The van der Waals surface area contributed by atoms with Crippen LogP contribution in [0.4, 0.5) is 5.82 Å². The van der Waals surface area contributed by atoms with Gasteiger partial charge in [-0.1, -0.05) is 22.0 Å². The summed E-state index contributed by atoms with van der Waals surface area (Å²) in [6.45, 7) is 0.541. The van der Waals surface area contributed by atoms with Gasteiger partial charge in [-0.05, 0) is 23.3 Å². The molecule has 16 heavy (non-hydrogen) atoms. The number of aromatic amines is 1. The van der Waals surface area contributed by atoms with Gasteiger partial charge in [-0.15, -0.1) is 0 Å². The average molecular weight is 282 g/mol. The van der Waals surface area contributed by atoms with E-state index in [1.54, 1.807) is 13.3 Å². The highest BCUT2D eigenvalue weighted by molar-refractivity contribution is 9.10. The Morgan fingerprint density at radius 3 is 2.88 bits per heavy atom. The molecular formula is C11H12BrN3O. The van der Waals surface area contributed by atoms with Crippen LogP contribution in [0, 0.1) is 0 Å². The van der Waals surface area contributed by atoms with Gasteiger partial charge < -0.3 is 10.5 Å². The fourth-order valence-corrected chi connectivity index (χ4v) is 2.02. The van der Waals surface area contributed by atoms with E-state index in [9.17, 15) is 0 Å². The third kappa shape index (κ3) is 2.10. The minimum atomic E-state index is 0.541. The fraction of sp³-hybridized carbons (Fsp3) is 0.182. The van der Waals surface area contributed by atoms with E-state index in [0.29, 0.717) is 12.4 Å². The normalized spacial score (nSPS) is 10.6. The van der Waals surface area contributed by atoms with Crippen LogP contribution in [0.25, 0.3) is 11.1 Å². The minimum Gasteiger partial charge on any atom is -0.384 e. The van der Waals surface area contributed by atoms with Crippen molar-refractivity contribution in [2.75, 3.05) is 12.8 Å². The summed E-state index contributed by atoms with van der Waals surface area (Å²) in [6, 6.07) is 5.99. The molecule has 0 amide bonds. The van der Waals surface area contributed by atoms with Crippen molar-refractivity contribution in [3.63, 3.8) is 0 Å². The summed E-state index contributed by atoms with van der Waals surface area (Å²) in [4.78, 5) is 0. The smallest absolute Gasteiger partial charge is 0.126 e. The van der Waals surface area contributed by atoms with E-state index >= 15 is 0 Å². The molecule has 0 aliphatic carbocycles. The summed E-state index contributed by atoms with van der Waals surface area (Å²) in [6.07, 6.45) is 1.72. The predicted molar refractivity (Wildman–Crippen MR) is 66.8 cm³/mol. The van der Waals surface area contributed by atoms with Crippen molar-refractivity contribution in [2.24, 2.45) is 0 Å². The van der Waals surface area contributed by atoms with Gasteiger partial charge in [0, 0.05) is 17.1 Å². The van der Waals surface area contributed by atoms with E-state index < -0.39 is 0 Å². The van der Waals surface area contributed by atoms with E-state index in [4.69, 9.17) is 10.5 Å². The Kier molecular flexibility index (Phi) is 3.26. The summed E-state index contributed by atoms with van der Waals surface area (Å²) < 4.78 is 6.19. The first-order chi connectivity index (χ1) is 7.72. The highest BCUT2D eigenvalue weighted by Crippen LogP contribution is 2.29. The quantitative estimate of drug-likeness (QED) is 0.909. The summed E-state index contributed by atoms with van der Waals surface area (Å²) >= 11 is 3.44. The molecule has 0 spiro atoms. The first-order valence-electron chi connectivity index (χ1n) is 4.79. The number of H-pyrrole nitrogens is 1. The molecule has 5 heteroatoms. The van der Waals surface area contributed by atoms with Crippen molar-refractivity contribution in [3.05, 3.63) is 34.4 Å². The van der Waals surface area contributed by atoms with Crippen LogP contribution in [0.2, 0.25) is 0 Å². The topological polar surface area (TPSA) is 63.9 Å². The number of nitrogens with zero attached hydrogens (tertiary/aromatic N) is 1. The molecule has 0 atom stereocenters.